The van der Waals surface area contributed by atoms with Crippen molar-refractivity contribution in [2.45, 2.75) is 5.54 Å². The van der Waals surface area contributed by atoms with Crippen LogP contribution in [0.25, 0.3) is 11.1 Å². The largest absolute Gasteiger partial charge is 0.379 e. The Morgan fingerprint density at radius 1 is 1.30 bits per heavy atom. The van der Waals surface area contributed by atoms with E-state index in [2.05, 4.69) is 15.0 Å². The van der Waals surface area contributed by atoms with Gasteiger partial charge in [-0.3, -0.25) is 0 Å². The number of aromatic nitrogens is 2. The highest BCUT2D eigenvalue weighted by Gasteiger charge is 2.48. The van der Waals surface area contributed by atoms with Crippen molar-refractivity contribution in [3.63, 3.8) is 0 Å². The van der Waals surface area contributed by atoms with Crippen LogP contribution in [0.5, 0.6) is 0 Å². The fourth-order valence-corrected chi connectivity index (χ4v) is 4.15. The first-order valence-electron chi connectivity index (χ1n) is 7.30. The first-order valence-corrected chi connectivity index (χ1v) is 8.29. The number of thioether (sulfide) groups is 1. The monoisotopic (exact) mass is 330 g/mol. The lowest BCUT2D eigenvalue weighted by Gasteiger charge is -2.34. The van der Waals surface area contributed by atoms with Crippen LogP contribution in [0.1, 0.15) is 5.56 Å². The molecule has 0 spiro atoms. The van der Waals surface area contributed by atoms with Crippen LogP contribution in [0, 0.1) is 11.7 Å². The predicted octanol–water partition coefficient (Wildman–Crippen LogP) is 2.19. The first-order chi connectivity index (χ1) is 11.2. The van der Waals surface area contributed by atoms with Gasteiger partial charge in [0.05, 0.1) is 13.2 Å². The molecule has 1 fully saturated rings. The van der Waals surface area contributed by atoms with E-state index in [0.717, 1.165) is 11.3 Å². The van der Waals surface area contributed by atoms with E-state index < -0.39 is 5.54 Å². The van der Waals surface area contributed by atoms with Gasteiger partial charge in [-0.1, -0.05) is 17.8 Å². The van der Waals surface area contributed by atoms with Crippen molar-refractivity contribution in [3.05, 3.63) is 48.3 Å². The van der Waals surface area contributed by atoms with Gasteiger partial charge in [-0.25, -0.2) is 19.4 Å². The molecule has 2 aliphatic rings. The van der Waals surface area contributed by atoms with Gasteiger partial charge in [-0.2, -0.15) is 0 Å². The summed E-state index contributed by atoms with van der Waals surface area (Å²) in [5.74, 6) is 0.791. The Kier molecular flexibility index (Phi) is 3.54. The lowest BCUT2D eigenvalue weighted by atomic mass is 9.81. The summed E-state index contributed by atoms with van der Waals surface area (Å²) in [4.78, 5) is 12.6. The molecule has 1 aromatic carbocycles. The van der Waals surface area contributed by atoms with Crippen molar-refractivity contribution in [1.82, 2.24) is 9.97 Å². The molecule has 0 radical (unpaired) electrons. The minimum atomic E-state index is -0.520. The van der Waals surface area contributed by atoms with Crippen LogP contribution >= 0.6 is 11.8 Å². The topological polar surface area (TPSA) is 73.4 Å². The Hall–Kier alpha value is -1.99. The van der Waals surface area contributed by atoms with Gasteiger partial charge in [-0.15, -0.1) is 0 Å². The van der Waals surface area contributed by atoms with Gasteiger partial charge >= 0.3 is 0 Å². The highest BCUT2D eigenvalue weighted by molar-refractivity contribution is 8.13. The fraction of sp³-hybridized carbons (Fsp3) is 0.312. The quantitative estimate of drug-likeness (QED) is 0.914. The van der Waals surface area contributed by atoms with Gasteiger partial charge in [0, 0.05) is 35.2 Å². The number of hydrogen-bond donors (Lipinski definition) is 1. The number of benzene rings is 1. The number of fused-ring (bicyclic) bond motifs is 1. The summed E-state index contributed by atoms with van der Waals surface area (Å²) in [5, 5.41) is 0.556. The van der Waals surface area contributed by atoms with Crippen molar-refractivity contribution in [2.75, 3.05) is 19.0 Å². The van der Waals surface area contributed by atoms with Crippen LogP contribution in [0.15, 0.2) is 41.9 Å². The number of aliphatic imine (C=N–C) groups is 1. The van der Waals surface area contributed by atoms with Gasteiger partial charge in [0.2, 0.25) is 0 Å². The van der Waals surface area contributed by atoms with Crippen LogP contribution < -0.4 is 5.73 Å². The van der Waals surface area contributed by atoms with E-state index in [1.165, 1.54) is 12.4 Å². The van der Waals surface area contributed by atoms with Gasteiger partial charge in [0.1, 0.15) is 17.7 Å². The lowest BCUT2D eigenvalue weighted by Crippen LogP contribution is -2.39. The molecule has 0 saturated carbocycles. The third-order valence-corrected chi connectivity index (χ3v) is 5.35. The molecule has 1 saturated heterocycles. The van der Waals surface area contributed by atoms with E-state index in [0.29, 0.717) is 29.5 Å². The van der Waals surface area contributed by atoms with Crippen molar-refractivity contribution >= 4 is 16.9 Å². The van der Waals surface area contributed by atoms with Crippen LogP contribution in [0.2, 0.25) is 0 Å². The van der Waals surface area contributed by atoms with Crippen LogP contribution in [-0.4, -0.2) is 34.1 Å². The average molecular weight is 330 g/mol. The zero-order valence-electron chi connectivity index (χ0n) is 12.3. The number of ether oxygens (including phenoxy) is 1. The Morgan fingerprint density at radius 3 is 2.96 bits per heavy atom. The van der Waals surface area contributed by atoms with Gasteiger partial charge in [0.15, 0.2) is 5.17 Å². The summed E-state index contributed by atoms with van der Waals surface area (Å²) in [5.41, 5.74) is 7.46. The molecule has 1 aromatic heterocycles. The second-order valence-corrected chi connectivity index (χ2v) is 6.76. The maximum absolute atomic E-state index is 14.3. The Labute approximate surface area is 137 Å². The molecule has 4 rings (SSSR count). The molecule has 2 aromatic rings. The number of nitrogens with zero attached hydrogens (tertiary/aromatic N) is 3. The Morgan fingerprint density at radius 2 is 2.13 bits per heavy atom. The van der Waals surface area contributed by atoms with Crippen LogP contribution in [-0.2, 0) is 10.3 Å². The standard InChI is InChI=1S/C16H15FN4OS/c17-14-2-1-11(3-13(14)10-4-19-9-20-5-10)16-8-22-6-12(16)7-23-15(18)21-16/h1-5,9,12H,6-8H2,(H2,18,21)/t12-,16+/m0/s1. The second kappa shape index (κ2) is 5.58. The van der Waals surface area contributed by atoms with Gasteiger partial charge in [-0.05, 0) is 17.7 Å². The highest BCUT2D eigenvalue weighted by atomic mass is 32.2. The average Bonchev–Trinajstić information content (AvgIpc) is 3.00. The Balaban J connectivity index is 1.85. The molecule has 0 bridgehead atoms. The molecule has 3 heterocycles. The normalized spacial score (nSPS) is 26.7. The number of rotatable bonds is 2. The van der Waals surface area contributed by atoms with Gasteiger partial charge in [0.25, 0.3) is 0 Å². The minimum absolute atomic E-state index is 0.241. The summed E-state index contributed by atoms with van der Waals surface area (Å²) in [6, 6.07) is 5.06. The van der Waals surface area contributed by atoms with E-state index in [4.69, 9.17) is 10.5 Å². The zero-order chi connectivity index (χ0) is 15.9. The van der Waals surface area contributed by atoms with Crippen molar-refractivity contribution < 1.29 is 9.13 Å². The van der Waals surface area contributed by atoms with E-state index >= 15 is 0 Å². The van der Waals surface area contributed by atoms with E-state index in [1.807, 2.05) is 6.07 Å². The number of hydrogen-bond acceptors (Lipinski definition) is 6. The molecule has 5 nitrogen and oxygen atoms in total. The number of halogens is 1. The van der Waals surface area contributed by atoms with E-state index in [-0.39, 0.29) is 11.7 Å². The van der Waals surface area contributed by atoms with Gasteiger partial charge < -0.3 is 10.5 Å². The molecule has 23 heavy (non-hydrogen) atoms. The third kappa shape index (κ3) is 2.40. The molecule has 7 heteroatoms. The van der Waals surface area contributed by atoms with Crippen molar-refractivity contribution in [3.8, 4) is 11.1 Å². The summed E-state index contributed by atoms with van der Waals surface area (Å²) in [6.07, 6.45) is 4.63. The zero-order valence-corrected chi connectivity index (χ0v) is 13.1. The Bertz CT molecular complexity index is 770. The van der Waals surface area contributed by atoms with E-state index in [1.54, 1.807) is 30.2 Å². The van der Waals surface area contributed by atoms with Crippen LogP contribution in [0.3, 0.4) is 0 Å². The lowest BCUT2D eigenvalue weighted by molar-refractivity contribution is 0.177. The summed E-state index contributed by atoms with van der Waals surface area (Å²) >= 11 is 1.55. The molecule has 2 aliphatic heterocycles. The fourth-order valence-electron chi connectivity index (χ4n) is 3.17. The number of amidine groups is 1. The molecule has 2 N–H and O–H groups in total. The SMILES string of the molecule is NC1=N[C@@]2(c3ccc(F)c(-c4cncnc4)c3)COC[C@H]2CS1. The summed E-state index contributed by atoms with van der Waals surface area (Å²) < 4.78 is 20.0. The molecular formula is C16H15FN4OS. The summed E-state index contributed by atoms with van der Waals surface area (Å²) in [6.45, 7) is 1.11. The number of nitrogens with two attached hydrogens (primary N) is 1. The molecule has 0 amide bonds. The van der Waals surface area contributed by atoms with Crippen molar-refractivity contribution in [1.29, 1.82) is 0 Å². The molecule has 0 unspecified atom stereocenters. The predicted molar refractivity (Wildman–Crippen MR) is 87.5 cm³/mol. The van der Waals surface area contributed by atoms with Crippen LogP contribution in [0.4, 0.5) is 4.39 Å². The molecule has 118 valence electrons. The minimum Gasteiger partial charge on any atom is -0.379 e. The highest BCUT2D eigenvalue weighted by Crippen LogP contribution is 2.45. The second-order valence-electron chi connectivity index (χ2n) is 5.72. The maximum Gasteiger partial charge on any atom is 0.154 e. The summed E-state index contributed by atoms with van der Waals surface area (Å²) in [7, 11) is 0. The molecule has 0 aliphatic carbocycles. The smallest absolute Gasteiger partial charge is 0.154 e. The maximum atomic E-state index is 14.3. The molecular weight excluding hydrogens is 315 g/mol. The first kappa shape index (κ1) is 14.6. The van der Waals surface area contributed by atoms with E-state index in [9.17, 15) is 4.39 Å². The molecule has 2 atom stereocenters. The third-order valence-electron chi connectivity index (χ3n) is 4.40. The van der Waals surface area contributed by atoms with Crippen molar-refractivity contribution in [2.24, 2.45) is 16.6 Å².